The molecule has 1 aliphatic carbocycles. The molecule has 0 bridgehead atoms. The molecule has 1 radical (unpaired) electrons. The van der Waals surface area contributed by atoms with E-state index in [1.165, 1.54) is 32.1 Å². The van der Waals surface area contributed by atoms with Gasteiger partial charge in [0.2, 0.25) is 0 Å². The van der Waals surface area contributed by atoms with Crippen molar-refractivity contribution < 1.29 is 0 Å². The molecule has 1 fully saturated rings. The molecule has 8 heavy (non-hydrogen) atoms. The number of hydrogen-bond donors (Lipinski definition) is 0. The summed E-state index contributed by atoms with van der Waals surface area (Å²) >= 11 is 3.47. The molecule has 1 aliphatic rings. The van der Waals surface area contributed by atoms with E-state index in [-0.39, 0.29) is 0 Å². The summed E-state index contributed by atoms with van der Waals surface area (Å²) in [5, 5.41) is 1.15. The van der Waals surface area contributed by atoms with Gasteiger partial charge in [-0.15, -0.1) is 0 Å². The molecule has 47 valence electrons. The monoisotopic (exact) mass is 175 g/mol. The lowest BCUT2D eigenvalue weighted by Gasteiger charge is -2.17. The quantitative estimate of drug-likeness (QED) is 0.539. The first kappa shape index (κ1) is 6.60. The van der Waals surface area contributed by atoms with Gasteiger partial charge < -0.3 is 0 Å². The Labute approximate surface area is 59.8 Å². The molecule has 0 saturated heterocycles. The van der Waals surface area contributed by atoms with Gasteiger partial charge in [0.05, 0.1) is 0 Å². The Hall–Kier alpha value is 0.480. The third kappa shape index (κ3) is 1.77. The highest BCUT2D eigenvalue weighted by molar-refractivity contribution is 9.09. The Kier molecular flexibility index (Phi) is 2.88. The van der Waals surface area contributed by atoms with Gasteiger partial charge in [-0.25, -0.2) is 0 Å². The van der Waals surface area contributed by atoms with E-state index < -0.39 is 0 Å². The average molecular weight is 176 g/mol. The van der Waals surface area contributed by atoms with Crippen LogP contribution in [0.1, 0.15) is 32.1 Å². The van der Waals surface area contributed by atoms with Crippen LogP contribution in [0.25, 0.3) is 0 Å². The molecule has 0 aromatic rings. The molecule has 0 amide bonds. The average Bonchev–Trinajstić information content (AvgIpc) is 1.90. The van der Waals surface area contributed by atoms with Crippen LogP contribution in [0.3, 0.4) is 0 Å². The van der Waals surface area contributed by atoms with E-state index in [9.17, 15) is 0 Å². The minimum atomic E-state index is 1.15. The Bertz CT molecular complexity index is 55.4. The SMILES string of the molecule is BrC[C]1CCCCC1. The molecule has 0 unspecified atom stereocenters. The van der Waals surface area contributed by atoms with Gasteiger partial charge in [0.25, 0.3) is 0 Å². The first-order chi connectivity index (χ1) is 3.93. The molecule has 1 saturated carbocycles. The van der Waals surface area contributed by atoms with E-state index >= 15 is 0 Å². The second-order valence-electron chi connectivity index (χ2n) is 2.44. The first-order valence-corrected chi connectivity index (χ1v) is 4.45. The van der Waals surface area contributed by atoms with Crippen molar-refractivity contribution in [1.82, 2.24) is 0 Å². The molecule has 0 aliphatic heterocycles. The van der Waals surface area contributed by atoms with Gasteiger partial charge in [-0.2, -0.15) is 0 Å². The fourth-order valence-corrected chi connectivity index (χ4v) is 1.75. The second kappa shape index (κ2) is 3.49. The maximum atomic E-state index is 3.47. The molecule has 0 atom stereocenters. The highest BCUT2D eigenvalue weighted by Crippen LogP contribution is 2.26. The molecule has 1 rings (SSSR count). The van der Waals surface area contributed by atoms with Gasteiger partial charge in [-0.05, 0) is 18.8 Å². The third-order valence-corrected chi connectivity index (χ3v) is 2.54. The second-order valence-corrected chi connectivity index (χ2v) is 3.01. The zero-order valence-corrected chi connectivity index (χ0v) is 6.71. The molecule has 0 nitrogen and oxygen atoms in total. The van der Waals surface area contributed by atoms with Crippen molar-refractivity contribution in [1.29, 1.82) is 0 Å². The van der Waals surface area contributed by atoms with Crippen molar-refractivity contribution in [3.05, 3.63) is 5.92 Å². The summed E-state index contributed by atoms with van der Waals surface area (Å²) in [7, 11) is 0. The van der Waals surface area contributed by atoms with Crippen LogP contribution in [-0.4, -0.2) is 5.33 Å². The molecule has 1 heteroatoms. The molecule has 0 aromatic carbocycles. The highest BCUT2D eigenvalue weighted by Gasteiger charge is 2.11. The maximum absolute atomic E-state index is 3.47. The van der Waals surface area contributed by atoms with Crippen LogP contribution in [0.4, 0.5) is 0 Å². The maximum Gasteiger partial charge on any atom is 0.00935 e. The number of rotatable bonds is 1. The van der Waals surface area contributed by atoms with Crippen molar-refractivity contribution in [3.63, 3.8) is 0 Å². The zero-order valence-electron chi connectivity index (χ0n) is 5.12. The Morgan fingerprint density at radius 1 is 1.12 bits per heavy atom. The van der Waals surface area contributed by atoms with Crippen LogP contribution < -0.4 is 0 Å². The standard InChI is InChI=1S/C7H12Br/c8-6-7-4-2-1-3-5-7/h1-6H2. The summed E-state index contributed by atoms with van der Waals surface area (Å²) in [6.07, 6.45) is 7.08. The fourth-order valence-electron chi connectivity index (χ4n) is 1.19. The summed E-state index contributed by atoms with van der Waals surface area (Å²) < 4.78 is 0. The van der Waals surface area contributed by atoms with Crippen LogP contribution in [0.2, 0.25) is 0 Å². The number of alkyl halides is 1. The Morgan fingerprint density at radius 3 is 2.12 bits per heavy atom. The molecule has 0 aromatic heterocycles. The van der Waals surface area contributed by atoms with Crippen LogP contribution >= 0.6 is 15.9 Å². The van der Waals surface area contributed by atoms with Gasteiger partial charge in [0.15, 0.2) is 0 Å². The largest absolute Gasteiger partial charge is 0.0922 e. The van der Waals surface area contributed by atoms with E-state index in [0.717, 1.165) is 5.33 Å². The van der Waals surface area contributed by atoms with Crippen molar-refractivity contribution in [3.8, 4) is 0 Å². The van der Waals surface area contributed by atoms with Crippen LogP contribution in [0.5, 0.6) is 0 Å². The summed E-state index contributed by atoms with van der Waals surface area (Å²) in [6.45, 7) is 0. The normalized spacial score (nSPS) is 23.6. The van der Waals surface area contributed by atoms with Crippen LogP contribution in [0.15, 0.2) is 0 Å². The Balaban J connectivity index is 2.13. The van der Waals surface area contributed by atoms with E-state index in [1.807, 2.05) is 0 Å². The smallest absolute Gasteiger partial charge is 0.00935 e. The van der Waals surface area contributed by atoms with Gasteiger partial charge in [0.1, 0.15) is 0 Å². The highest BCUT2D eigenvalue weighted by atomic mass is 79.9. The van der Waals surface area contributed by atoms with Gasteiger partial charge in [-0.1, -0.05) is 35.2 Å². The van der Waals surface area contributed by atoms with Gasteiger partial charge >= 0.3 is 0 Å². The summed E-state index contributed by atoms with van der Waals surface area (Å²) in [4.78, 5) is 0. The van der Waals surface area contributed by atoms with Crippen molar-refractivity contribution in [2.75, 3.05) is 5.33 Å². The molecule has 0 spiro atoms. The molecule has 0 N–H and O–H groups in total. The number of hydrogen-bond acceptors (Lipinski definition) is 0. The summed E-state index contributed by atoms with van der Waals surface area (Å²) in [5.74, 6) is 1.72. The predicted octanol–water partition coefficient (Wildman–Crippen LogP) is 2.92. The van der Waals surface area contributed by atoms with E-state index in [2.05, 4.69) is 15.9 Å². The van der Waals surface area contributed by atoms with E-state index in [0.29, 0.717) is 0 Å². The number of halogens is 1. The van der Waals surface area contributed by atoms with Crippen LogP contribution in [0, 0.1) is 5.92 Å². The minimum absolute atomic E-state index is 1.15. The van der Waals surface area contributed by atoms with Crippen molar-refractivity contribution >= 4 is 15.9 Å². The summed E-state index contributed by atoms with van der Waals surface area (Å²) in [5.41, 5.74) is 0. The topological polar surface area (TPSA) is 0 Å². The van der Waals surface area contributed by atoms with Crippen molar-refractivity contribution in [2.24, 2.45) is 0 Å². The van der Waals surface area contributed by atoms with Gasteiger partial charge in [-0.3, -0.25) is 0 Å². The third-order valence-electron chi connectivity index (χ3n) is 1.75. The van der Waals surface area contributed by atoms with E-state index in [4.69, 9.17) is 0 Å². The molecule has 0 heterocycles. The lowest BCUT2D eigenvalue weighted by atomic mass is 9.91. The Morgan fingerprint density at radius 2 is 1.75 bits per heavy atom. The first-order valence-electron chi connectivity index (χ1n) is 3.33. The lowest BCUT2D eigenvalue weighted by molar-refractivity contribution is 0.543. The fraction of sp³-hybridized carbons (Fsp3) is 0.857. The molecular weight excluding hydrogens is 164 g/mol. The van der Waals surface area contributed by atoms with Gasteiger partial charge in [0, 0.05) is 5.33 Å². The summed E-state index contributed by atoms with van der Waals surface area (Å²) in [6, 6.07) is 0. The minimum Gasteiger partial charge on any atom is -0.0922 e. The van der Waals surface area contributed by atoms with E-state index in [1.54, 1.807) is 5.92 Å². The zero-order chi connectivity index (χ0) is 5.82. The predicted molar refractivity (Wildman–Crippen MR) is 40.1 cm³/mol. The molecular formula is C7H12Br. The lowest BCUT2D eigenvalue weighted by Crippen LogP contribution is -2.03. The van der Waals surface area contributed by atoms with Crippen LogP contribution in [-0.2, 0) is 0 Å². The van der Waals surface area contributed by atoms with Crippen molar-refractivity contribution in [2.45, 2.75) is 32.1 Å².